The van der Waals surface area contributed by atoms with Gasteiger partial charge in [-0.3, -0.25) is 14.5 Å². The summed E-state index contributed by atoms with van der Waals surface area (Å²) < 4.78 is 29.0. The number of nitrogens with zero attached hydrogens (tertiary/aromatic N) is 3. The van der Waals surface area contributed by atoms with E-state index in [0.29, 0.717) is 31.9 Å². The van der Waals surface area contributed by atoms with Crippen LogP contribution in [0.1, 0.15) is 42.5 Å². The quantitative estimate of drug-likeness (QED) is 0.656. The number of hydrogen-bond acceptors (Lipinski definition) is 5. The van der Waals surface area contributed by atoms with E-state index >= 15 is 0 Å². The number of rotatable bonds is 7. The van der Waals surface area contributed by atoms with Crippen LogP contribution in [0.4, 0.5) is 5.69 Å². The molecular formula is C20H31N5O4S. The van der Waals surface area contributed by atoms with E-state index in [1.54, 1.807) is 31.3 Å². The van der Waals surface area contributed by atoms with Crippen LogP contribution in [0.3, 0.4) is 0 Å². The second-order valence-electron chi connectivity index (χ2n) is 7.95. The van der Waals surface area contributed by atoms with E-state index in [9.17, 15) is 18.0 Å². The van der Waals surface area contributed by atoms with Crippen LogP contribution in [0.5, 0.6) is 0 Å². The number of piperazine rings is 1. The van der Waals surface area contributed by atoms with Gasteiger partial charge in [0.25, 0.3) is 16.1 Å². The second-order valence-corrected chi connectivity index (χ2v) is 9.94. The molecule has 0 spiro atoms. The Balaban J connectivity index is 1.52. The minimum Gasteiger partial charge on any atom is -0.366 e. The lowest BCUT2D eigenvalue weighted by molar-refractivity contribution is -0.117. The third-order valence-electron chi connectivity index (χ3n) is 5.94. The number of carbonyl (C=O) groups is 2. The van der Waals surface area contributed by atoms with Crippen LogP contribution >= 0.6 is 0 Å². The molecule has 1 aromatic rings. The molecule has 1 aliphatic carbocycles. The van der Waals surface area contributed by atoms with Gasteiger partial charge in [0.2, 0.25) is 5.91 Å². The minimum atomic E-state index is -3.49. The summed E-state index contributed by atoms with van der Waals surface area (Å²) >= 11 is 0. The molecule has 1 saturated heterocycles. The van der Waals surface area contributed by atoms with E-state index in [1.165, 1.54) is 15.0 Å². The highest BCUT2D eigenvalue weighted by Crippen LogP contribution is 2.25. The summed E-state index contributed by atoms with van der Waals surface area (Å²) in [5.41, 5.74) is 5.98. The SMILES string of the molecule is CN(C1CCCCC1)S(=O)(=O)N1CCN(CC(=O)Nc2ccccc2C(N)=O)CC1. The maximum absolute atomic E-state index is 13.0. The molecule has 1 aromatic carbocycles. The lowest BCUT2D eigenvalue weighted by Crippen LogP contribution is -2.55. The summed E-state index contributed by atoms with van der Waals surface area (Å²) in [6.45, 7) is 1.78. The maximum atomic E-state index is 13.0. The van der Waals surface area contributed by atoms with Crippen molar-refractivity contribution in [1.29, 1.82) is 0 Å². The molecule has 0 bridgehead atoms. The van der Waals surface area contributed by atoms with Crippen molar-refractivity contribution in [3.05, 3.63) is 29.8 Å². The van der Waals surface area contributed by atoms with E-state index in [1.807, 2.05) is 4.90 Å². The molecule has 2 amide bonds. The van der Waals surface area contributed by atoms with Crippen LogP contribution in [0, 0.1) is 0 Å². The van der Waals surface area contributed by atoms with Crippen LogP contribution in [0.15, 0.2) is 24.3 Å². The van der Waals surface area contributed by atoms with Gasteiger partial charge in [-0.05, 0) is 25.0 Å². The molecule has 3 N–H and O–H groups in total. The largest absolute Gasteiger partial charge is 0.366 e. The third kappa shape index (κ3) is 5.37. The van der Waals surface area contributed by atoms with Crippen molar-refractivity contribution in [2.24, 2.45) is 5.73 Å². The Hall–Kier alpha value is -2.01. The van der Waals surface area contributed by atoms with Gasteiger partial charge in [-0.15, -0.1) is 0 Å². The Labute approximate surface area is 178 Å². The normalized spacial score (nSPS) is 19.7. The highest BCUT2D eigenvalue weighted by atomic mass is 32.2. The molecule has 0 radical (unpaired) electrons. The molecule has 1 aliphatic heterocycles. The van der Waals surface area contributed by atoms with E-state index in [4.69, 9.17) is 5.73 Å². The van der Waals surface area contributed by atoms with E-state index in [0.717, 1.165) is 25.7 Å². The van der Waals surface area contributed by atoms with E-state index in [-0.39, 0.29) is 24.1 Å². The molecule has 0 atom stereocenters. The first-order chi connectivity index (χ1) is 14.3. The fraction of sp³-hybridized carbons (Fsp3) is 0.600. The highest BCUT2D eigenvalue weighted by molar-refractivity contribution is 7.86. The topological polar surface area (TPSA) is 116 Å². The zero-order valence-electron chi connectivity index (χ0n) is 17.4. The summed E-state index contributed by atoms with van der Waals surface area (Å²) in [6, 6.07) is 6.67. The van der Waals surface area contributed by atoms with Crippen molar-refractivity contribution in [3.8, 4) is 0 Å². The molecule has 30 heavy (non-hydrogen) atoms. The van der Waals surface area contributed by atoms with Crippen molar-refractivity contribution < 1.29 is 18.0 Å². The number of benzene rings is 1. The van der Waals surface area contributed by atoms with Crippen LogP contribution in [0.25, 0.3) is 0 Å². The van der Waals surface area contributed by atoms with Gasteiger partial charge in [0, 0.05) is 39.3 Å². The number of carbonyl (C=O) groups excluding carboxylic acids is 2. The minimum absolute atomic E-state index is 0.0814. The molecule has 0 unspecified atom stereocenters. The summed E-state index contributed by atoms with van der Waals surface area (Å²) in [5, 5.41) is 2.72. The predicted molar refractivity (Wildman–Crippen MR) is 115 cm³/mol. The van der Waals surface area contributed by atoms with Crippen LogP contribution < -0.4 is 11.1 Å². The van der Waals surface area contributed by atoms with Crippen molar-refractivity contribution in [2.75, 3.05) is 45.1 Å². The zero-order chi connectivity index (χ0) is 21.7. The fourth-order valence-electron chi connectivity index (χ4n) is 4.13. The van der Waals surface area contributed by atoms with Gasteiger partial charge in [0.1, 0.15) is 0 Å². The molecule has 10 heteroatoms. The molecule has 2 fully saturated rings. The predicted octanol–water partition coefficient (Wildman–Crippen LogP) is 0.851. The highest BCUT2D eigenvalue weighted by Gasteiger charge is 2.34. The Morgan fingerprint density at radius 1 is 1.10 bits per heavy atom. The zero-order valence-corrected chi connectivity index (χ0v) is 18.2. The van der Waals surface area contributed by atoms with Crippen molar-refractivity contribution in [3.63, 3.8) is 0 Å². The number of primary amides is 1. The summed E-state index contributed by atoms with van der Waals surface area (Å²) in [7, 11) is -1.81. The molecule has 1 heterocycles. The van der Waals surface area contributed by atoms with Crippen LogP contribution in [0.2, 0.25) is 0 Å². The monoisotopic (exact) mass is 437 g/mol. The van der Waals surface area contributed by atoms with Crippen LogP contribution in [-0.4, -0.2) is 79.6 Å². The third-order valence-corrected chi connectivity index (χ3v) is 7.99. The number of nitrogens with two attached hydrogens (primary N) is 1. The van der Waals surface area contributed by atoms with Gasteiger partial charge in [-0.2, -0.15) is 17.0 Å². The number of amides is 2. The first-order valence-corrected chi connectivity index (χ1v) is 11.8. The Bertz CT molecular complexity index is 862. The first-order valence-electron chi connectivity index (χ1n) is 10.4. The summed E-state index contributed by atoms with van der Waals surface area (Å²) in [6.07, 6.45) is 5.17. The second kappa shape index (κ2) is 9.86. The first kappa shape index (κ1) is 22.7. The van der Waals surface area contributed by atoms with Crippen molar-refractivity contribution >= 4 is 27.7 Å². The number of hydrogen-bond donors (Lipinski definition) is 2. The molecule has 1 saturated carbocycles. The van der Waals surface area contributed by atoms with Gasteiger partial charge < -0.3 is 11.1 Å². The molecule has 3 rings (SSSR count). The summed E-state index contributed by atoms with van der Waals surface area (Å²) in [4.78, 5) is 25.8. The van der Waals surface area contributed by atoms with E-state index < -0.39 is 16.1 Å². The lowest BCUT2D eigenvalue weighted by Gasteiger charge is -2.38. The molecule has 0 aromatic heterocycles. The molecule has 9 nitrogen and oxygen atoms in total. The van der Waals surface area contributed by atoms with Crippen LogP contribution in [-0.2, 0) is 15.0 Å². The number of nitrogens with one attached hydrogen (secondary N) is 1. The average Bonchev–Trinajstić information content (AvgIpc) is 2.74. The number of anilines is 1. The smallest absolute Gasteiger partial charge is 0.282 e. The Morgan fingerprint density at radius 3 is 2.37 bits per heavy atom. The average molecular weight is 438 g/mol. The van der Waals surface area contributed by atoms with E-state index in [2.05, 4.69) is 5.32 Å². The Morgan fingerprint density at radius 2 is 1.73 bits per heavy atom. The maximum Gasteiger partial charge on any atom is 0.282 e. The standard InChI is InChI=1S/C20H31N5O4S/c1-23(16-7-3-2-4-8-16)30(28,29)25-13-11-24(12-14-25)15-19(26)22-18-10-6-5-9-17(18)20(21)27/h5-6,9-10,16H,2-4,7-8,11-15H2,1H3,(H2,21,27)(H,22,26). The summed E-state index contributed by atoms with van der Waals surface area (Å²) in [5.74, 6) is -0.869. The lowest BCUT2D eigenvalue weighted by atomic mass is 9.96. The van der Waals surface area contributed by atoms with Crippen molar-refractivity contribution in [1.82, 2.24) is 13.5 Å². The van der Waals surface area contributed by atoms with Gasteiger partial charge in [0.15, 0.2) is 0 Å². The molecular weight excluding hydrogens is 406 g/mol. The van der Waals surface area contributed by atoms with Gasteiger partial charge in [-0.25, -0.2) is 0 Å². The molecule has 2 aliphatic rings. The van der Waals surface area contributed by atoms with Gasteiger partial charge in [-0.1, -0.05) is 31.4 Å². The van der Waals surface area contributed by atoms with Gasteiger partial charge in [0.05, 0.1) is 17.8 Å². The molecule has 166 valence electrons. The fourth-order valence-corrected chi connectivity index (χ4v) is 5.71. The van der Waals surface area contributed by atoms with Crippen molar-refractivity contribution in [2.45, 2.75) is 38.1 Å². The number of para-hydroxylation sites is 1. The van der Waals surface area contributed by atoms with Gasteiger partial charge >= 0.3 is 0 Å². The Kier molecular flexibility index (Phi) is 7.45.